The first-order valence-electron chi connectivity index (χ1n) is 6.71. The maximum Gasteiger partial charge on any atom is 0.416 e. The Morgan fingerprint density at radius 2 is 2.22 bits per heavy atom. The number of ether oxygens (including phenoxy) is 2. The van der Waals surface area contributed by atoms with E-state index in [2.05, 4.69) is 5.16 Å². The lowest BCUT2D eigenvalue weighted by Crippen LogP contribution is -2.42. The number of hydrogen-bond acceptors (Lipinski definition) is 6. The van der Waals surface area contributed by atoms with Gasteiger partial charge < -0.3 is 14.0 Å². The number of amides is 1. The number of carbonyl (C=O) groups is 2. The first-order chi connectivity index (χ1) is 11.0. The molecule has 1 aliphatic rings. The topological polar surface area (TPSA) is 81.9 Å². The monoisotopic (exact) mass is 326 g/mol. The summed E-state index contributed by atoms with van der Waals surface area (Å²) in [6.45, 7) is 1.77. The van der Waals surface area contributed by atoms with E-state index in [1.165, 1.54) is 7.11 Å². The van der Waals surface area contributed by atoms with Crippen LogP contribution < -0.4 is 4.90 Å². The molecule has 3 rings (SSSR count). The highest BCUT2D eigenvalue weighted by atomic mass is 19.2. The fourth-order valence-corrected chi connectivity index (χ4v) is 2.46. The van der Waals surface area contributed by atoms with Crippen molar-refractivity contribution < 1.29 is 32.4 Å². The predicted octanol–water partition coefficient (Wildman–Crippen LogP) is 2.28. The predicted molar refractivity (Wildman–Crippen MR) is 73.4 cm³/mol. The van der Waals surface area contributed by atoms with Crippen molar-refractivity contribution in [3.05, 3.63) is 23.3 Å². The number of benzene rings is 1. The van der Waals surface area contributed by atoms with Crippen LogP contribution in [0.5, 0.6) is 0 Å². The van der Waals surface area contributed by atoms with Gasteiger partial charge >= 0.3 is 6.09 Å². The van der Waals surface area contributed by atoms with E-state index in [0.717, 1.165) is 11.0 Å². The van der Waals surface area contributed by atoms with Crippen molar-refractivity contribution in [2.75, 3.05) is 18.6 Å². The smallest absolute Gasteiger partial charge is 0.416 e. The maximum absolute atomic E-state index is 13.9. The fraction of sp³-hybridized carbons (Fsp3) is 0.357. The SMILES string of the molecule is CO[C@H](C)[C@H]1COC(=O)N1c1noc2c(F)c(F)c(C=O)cc12. The summed E-state index contributed by atoms with van der Waals surface area (Å²) < 4.78 is 42.5. The zero-order chi connectivity index (χ0) is 16.7. The van der Waals surface area contributed by atoms with E-state index in [0.29, 0.717) is 0 Å². The van der Waals surface area contributed by atoms with Crippen molar-refractivity contribution >= 4 is 29.2 Å². The van der Waals surface area contributed by atoms with Crippen LogP contribution in [0.1, 0.15) is 17.3 Å². The molecule has 9 heteroatoms. The van der Waals surface area contributed by atoms with Gasteiger partial charge in [0.2, 0.25) is 11.4 Å². The molecule has 1 amide bonds. The summed E-state index contributed by atoms with van der Waals surface area (Å²) in [5.41, 5.74) is -0.977. The molecule has 1 aromatic heterocycles. The Bertz CT molecular complexity index is 791. The molecular formula is C14H12F2N2O5. The number of anilines is 1. The minimum atomic E-state index is -1.34. The van der Waals surface area contributed by atoms with Gasteiger partial charge in [-0.15, -0.1) is 0 Å². The Morgan fingerprint density at radius 3 is 2.87 bits per heavy atom. The number of aldehydes is 1. The number of nitrogens with zero attached hydrogens (tertiary/aromatic N) is 2. The molecule has 0 aliphatic carbocycles. The first kappa shape index (κ1) is 15.3. The third-order valence-corrected chi connectivity index (χ3v) is 3.83. The summed E-state index contributed by atoms with van der Waals surface area (Å²) >= 11 is 0. The van der Waals surface area contributed by atoms with Crippen LogP contribution in [-0.2, 0) is 9.47 Å². The highest BCUT2D eigenvalue weighted by molar-refractivity contribution is 6.01. The zero-order valence-corrected chi connectivity index (χ0v) is 12.2. The molecule has 122 valence electrons. The van der Waals surface area contributed by atoms with Crippen LogP contribution in [-0.4, -0.2) is 43.4 Å². The molecule has 0 unspecified atom stereocenters. The van der Waals surface area contributed by atoms with Crippen molar-refractivity contribution in [2.24, 2.45) is 0 Å². The summed E-state index contributed by atoms with van der Waals surface area (Å²) in [4.78, 5) is 24.0. The van der Waals surface area contributed by atoms with Gasteiger partial charge in [0, 0.05) is 7.11 Å². The van der Waals surface area contributed by atoms with E-state index in [1.54, 1.807) is 6.92 Å². The molecule has 0 spiro atoms. The number of methoxy groups -OCH3 is 1. The Balaban J connectivity index is 2.18. The second kappa shape index (κ2) is 5.58. The molecule has 0 N–H and O–H groups in total. The third-order valence-electron chi connectivity index (χ3n) is 3.83. The van der Waals surface area contributed by atoms with Gasteiger partial charge in [0.1, 0.15) is 12.6 Å². The number of fused-ring (bicyclic) bond motifs is 1. The lowest BCUT2D eigenvalue weighted by Gasteiger charge is -2.23. The Morgan fingerprint density at radius 1 is 1.48 bits per heavy atom. The normalized spacial score (nSPS) is 19.2. The van der Waals surface area contributed by atoms with Gasteiger partial charge in [-0.1, -0.05) is 5.16 Å². The van der Waals surface area contributed by atoms with Crippen molar-refractivity contribution in [3.63, 3.8) is 0 Å². The number of aromatic nitrogens is 1. The van der Waals surface area contributed by atoms with Crippen LogP contribution in [0.2, 0.25) is 0 Å². The van der Waals surface area contributed by atoms with E-state index < -0.39 is 41.0 Å². The summed E-state index contributed by atoms with van der Waals surface area (Å²) in [6.07, 6.45) is -0.942. The van der Waals surface area contributed by atoms with Crippen LogP contribution >= 0.6 is 0 Å². The van der Waals surface area contributed by atoms with Gasteiger partial charge in [-0.3, -0.25) is 4.79 Å². The van der Waals surface area contributed by atoms with E-state index >= 15 is 0 Å². The standard InChI is InChI=1S/C14H12F2N2O5/c1-6(21-2)9-5-22-14(20)18(9)13-8-3-7(4-19)10(15)11(16)12(8)23-17-13/h3-4,6,9H,5H2,1-2H3/t6-,9-/m1/s1. The molecule has 0 bridgehead atoms. The van der Waals surface area contributed by atoms with Crippen molar-refractivity contribution in [1.82, 2.24) is 5.16 Å². The first-order valence-corrected chi connectivity index (χ1v) is 6.71. The molecule has 2 aromatic rings. The minimum absolute atomic E-state index is 0.00171. The summed E-state index contributed by atoms with van der Waals surface area (Å²) in [6, 6.07) is 0.556. The number of cyclic esters (lactones) is 1. The molecular weight excluding hydrogens is 314 g/mol. The molecule has 1 fully saturated rings. The third kappa shape index (κ3) is 2.24. The molecule has 23 heavy (non-hydrogen) atoms. The van der Waals surface area contributed by atoms with Crippen LogP contribution in [0.4, 0.5) is 19.4 Å². The summed E-state index contributed by atoms with van der Waals surface area (Å²) in [5.74, 6) is -2.73. The zero-order valence-electron chi connectivity index (χ0n) is 12.2. The average molecular weight is 326 g/mol. The molecule has 1 saturated heterocycles. The molecule has 1 aliphatic heterocycles. The number of rotatable bonds is 4. The lowest BCUT2D eigenvalue weighted by molar-refractivity contribution is 0.0881. The van der Waals surface area contributed by atoms with Crippen molar-refractivity contribution in [3.8, 4) is 0 Å². The van der Waals surface area contributed by atoms with Crippen molar-refractivity contribution in [2.45, 2.75) is 19.1 Å². The van der Waals surface area contributed by atoms with E-state index in [4.69, 9.17) is 14.0 Å². The van der Waals surface area contributed by atoms with Gasteiger partial charge in [-0.25, -0.2) is 14.1 Å². The highest BCUT2D eigenvalue weighted by Gasteiger charge is 2.41. The Hall–Kier alpha value is -2.55. The second-order valence-corrected chi connectivity index (χ2v) is 5.05. The average Bonchev–Trinajstić information content (AvgIpc) is 3.13. The van der Waals surface area contributed by atoms with Gasteiger partial charge in [0.05, 0.1) is 17.1 Å². The lowest BCUT2D eigenvalue weighted by atomic mass is 10.1. The van der Waals surface area contributed by atoms with Gasteiger partial charge in [0.15, 0.2) is 17.9 Å². The fourth-order valence-electron chi connectivity index (χ4n) is 2.46. The molecule has 2 atom stereocenters. The second-order valence-electron chi connectivity index (χ2n) is 5.05. The van der Waals surface area contributed by atoms with Gasteiger partial charge in [-0.05, 0) is 13.0 Å². The Labute approximate surface area is 128 Å². The quantitative estimate of drug-likeness (QED) is 0.802. The van der Waals surface area contributed by atoms with Crippen molar-refractivity contribution in [1.29, 1.82) is 0 Å². The molecule has 2 heterocycles. The van der Waals surface area contributed by atoms with E-state index in [-0.39, 0.29) is 24.1 Å². The van der Waals surface area contributed by atoms with Crippen LogP contribution in [0.25, 0.3) is 11.0 Å². The van der Waals surface area contributed by atoms with Crippen LogP contribution in [0.15, 0.2) is 10.6 Å². The van der Waals surface area contributed by atoms with Gasteiger partial charge in [0.25, 0.3) is 0 Å². The molecule has 7 nitrogen and oxygen atoms in total. The molecule has 0 radical (unpaired) electrons. The largest absolute Gasteiger partial charge is 0.447 e. The van der Waals surface area contributed by atoms with E-state index in [1.807, 2.05) is 0 Å². The van der Waals surface area contributed by atoms with Gasteiger partial charge in [-0.2, -0.15) is 4.39 Å². The maximum atomic E-state index is 13.9. The number of hydrogen-bond donors (Lipinski definition) is 0. The van der Waals surface area contributed by atoms with Crippen LogP contribution in [0, 0.1) is 11.6 Å². The molecule has 1 aromatic carbocycles. The summed E-state index contributed by atoms with van der Waals surface area (Å²) in [5, 5.41) is 3.64. The van der Waals surface area contributed by atoms with Crippen LogP contribution in [0.3, 0.4) is 0 Å². The summed E-state index contributed by atoms with van der Waals surface area (Å²) in [7, 11) is 1.46. The van der Waals surface area contributed by atoms with E-state index in [9.17, 15) is 18.4 Å². The number of halogens is 2. The molecule has 0 saturated carbocycles. The highest BCUT2D eigenvalue weighted by Crippen LogP contribution is 2.34. The minimum Gasteiger partial charge on any atom is -0.447 e. The Kier molecular flexibility index (Phi) is 3.72. The number of carbonyl (C=O) groups excluding carboxylic acids is 2.